The van der Waals surface area contributed by atoms with E-state index in [1.807, 2.05) is 0 Å². The zero-order valence-corrected chi connectivity index (χ0v) is 19.2. The maximum Gasteiger partial charge on any atom is -0.00922 e. The van der Waals surface area contributed by atoms with E-state index in [2.05, 4.69) is 71.9 Å². The smallest absolute Gasteiger partial charge is 0.00922 e. The molecule has 1 rings (SSSR count). The molecular formula is C27H46. The molecule has 0 spiro atoms. The fourth-order valence-corrected chi connectivity index (χ4v) is 3.93. The van der Waals surface area contributed by atoms with Gasteiger partial charge in [0.1, 0.15) is 0 Å². The van der Waals surface area contributed by atoms with Crippen molar-refractivity contribution >= 4 is 0 Å². The van der Waals surface area contributed by atoms with Crippen LogP contribution in [-0.4, -0.2) is 0 Å². The Balaban J connectivity index is 2.11. The molecule has 0 fully saturated rings. The van der Waals surface area contributed by atoms with Gasteiger partial charge in [0.05, 0.1) is 0 Å². The molecule has 0 aliphatic heterocycles. The summed E-state index contributed by atoms with van der Waals surface area (Å²) in [6, 6.07) is 8.75. The molecular weight excluding hydrogens is 324 g/mol. The van der Waals surface area contributed by atoms with Crippen LogP contribution in [0.25, 0.3) is 0 Å². The second-order valence-corrected chi connectivity index (χ2v) is 9.54. The number of aryl methyl sites for hydroxylation is 1. The number of allylic oxidation sites excluding steroid dienone is 2. The van der Waals surface area contributed by atoms with E-state index in [0.717, 1.165) is 24.2 Å². The van der Waals surface area contributed by atoms with Gasteiger partial charge in [-0.1, -0.05) is 109 Å². The Bertz CT molecular complexity index is 523. The molecule has 154 valence electrons. The molecule has 1 aromatic rings. The van der Waals surface area contributed by atoms with Gasteiger partial charge in [0.25, 0.3) is 0 Å². The molecule has 0 nitrogen and oxygen atoms in total. The van der Waals surface area contributed by atoms with E-state index in [1.54, 1.807) is 5.57 Å². The summed E-state index contributed by atoms with van der Waals surface area (Å²) in [6.45, 7) is 14.1. The summed E-state index contributed by atoms with van der Waals surface area (Å²) in [5, 5.41) is 0. The van der Waals surface area contributed by atoms with E-state index >= 15 is 0 Å². The fourth-order valence-electron chi connectivity index (χ4n) is 3.93. The number of hydrogen-bond acceptors (Lipinski definition) is 0. The Labute approximate surface area is 170 Å². The fraction of sp³-hybridized carbons (Fsp3) is 0.704. The molecule has 0 heterocycles. The van der Waals surface area contributed by atoms with E-state index in [9.17, 15) is 0 Å². The summed E-state index contributed by atoms with van der Waals surface area (Å²) in [6.07, 6.45) is 16.0. The van der Waals surface area contributed by atoms with Crippen molar-refractivity contribution in [1.29, 1.82) is 0 Å². The molecule has 0 saturated carbocycles. The molecule has 0 heteroatoms. The maximum atomic E-state index is 2.45. The molecule has 0 N–H and O–H groups in total. The van der Waals surface area contributed by atoms with Crippen molar-refractivity contribution in [3.8, 4) is 0 Å². The third kappa shape index (κ3) is 12.1. The summed E-state index contributed by atoms with van der Waals surface area (Å²) in [5.74, 6) is 2.67. The first-order valence-electron chi connectivity index (χ1n) is 11.6. The number of rotatable bonds is 14. The summed E-state index contributed by atoms with van der Waals surface area (Å²) in [4.78, 5) is 0. The number of hydrogen-bond donors (Lipinski definition) is 0. The summed E-state index contributed by atoms with van der Waals surface area (Å²) >= 11 is 0. The molecule has 27 heavy (non-hydrogen) atoms. The molecule has 0 saturated heterocycles. The lowest BCUT2D eigenvalue weighted by Crippen LogP contribution is -2.00. The van der Waals surface area contributed by atoms with Gasteiger partial charge < -0.3 is 0 Å². The van der Waals surface area contributed by atoms with Crippen molar-refractivity contribution in [3.05, 3.63) is 47.0 Å². The van der Waals surface area contributed by atoms with Gasteiger partial charge in [-0.3, -0.25) is 0 Å². The molecule has 0 aliphatic rings. The van der Waals surface area contributed by atoms with Gasteiger partial charge in [0.15, 0.2) is 0 Å². The summed E-state index contributed by atoms with van der Waals surface area (Å²) in [7, 11) is 0. The van der Waals surface area contributed by atoms with Crippen LogP contribution in [0.15, 0.2) is 35.9 Å². The molecule has 0 aromatic heterocycles. The topological polar surface area (TPSA) is 0 Å². The van der Waals surface area contributed by atoms with Crippen LogP contribution in [0.3, 0.4) is 0 Å². The molecule has 2 atom stereocenters. The SMILES string of the molecule is CC(=CCc1ccccc1C)CCC[C@H](C)CCC[C@H](C)CCCC(C)C. The van der Waals surface area contributed by atoms with E-state index in [0.29, 0.717) is 0 Å². The van der Waals surface area contributed by atoms with Crippen LogP contribution >= 0.6 is 0 Å². The summed E-state index contributed by atoms with van der Waals surface area (Å²) in [5.41, 5.74) is 4.44. The lowest BCUT2D eigenvalue weighted by molar-refractivity contribution is 0.389. The predicted octanol–water partition coefficient (Wildman–Crippen LogP) is 8.92. The first kappa shape index (κ1) is 24.0. The van der Waals surface area contributed by atoms with Gasteiger partial charge in [0, 0.05) is 0 Å². The van der Waals surface area contributed by atoms with Gasteiger partial charge in [-0.15, -0.1) is 0 Å². The first-order valence-corrected chi connectivity index (χ1v) is 11.6. The molecule has 0 bridgehead atoms. The molecule has 0 aliphatic carbocycles. The Morgan fingerprint density at radius 1 is 0.815 bits per heavy atom. The van der Waals surface area contributed by atoms with Crippen LogP contribution in [-0.2, 0) is 6.42 Å². The highest BCUT2D eigenvalue weighted by molar-refractivity contribution is 5.27. The normalized spacial score (nSPS) is 14.6. The van der Waals surface area contributed by atoms with Crippen LogP contribution in [0, 0.1) is 24.7 Å². The third-order valence-corrected chi connectivity index (χ3v) is 6.07. The van der Waals surface area contributed by atoms with Crippen molar-refractivity contribution in [2.45, 2.75) is 106 Å². The molecule has 0 unspecified atom stereocenters. The van der Waals surface area contributed by atoms with Crippen LogP contribution in [0.1, 0.15) is 104 Å². The Morgan fingerprint density at radius 2 is 1.37 bits per heavy atom. The predicted molar refractivity (Wildman–Crippen MR) is 123 cm³/mol. The van der Waals surface area contributed by atoms with Gasteiger partial charge >= 0.3 is 0 Å². The minimum Gasteiger partial charge on any atom is -0.0812 e. The monoisotopic (exact) mass is 370 g/mol. The molecule has 0 amide bonds. The van der Waals surface area contributed by atoms with Crippen LogP contribution in [0.2, 0.25) is 0 Å². The second-order valence-electron chi connectivity index (χ2n) is 9.54. The van der Waals surface area contributed by atoms with Crippen LogP contribution < -0.4 is 0 Å². The Kier molecular flexibility index (Phi) is 12.5. The highest BCUT2D eigenvalue weighted by Gasteiger charge is 2.06. The maximum absolute atomic E-state index is 2.45. The van der Waals surface area contributed by atoms with Crippen molar-refractivity contribution in [2.24, 2.45) is 17.8 Å². The number of benzene rings is 1. The van der Waals surface area contributed by atoms with E-state index in [4.69, 9.17) is 0 Å². The van der Waals surface area contributed by atoms with E-state index < -0.39 is 0 Å². The Morgan fingerprint density at radius 3 is 1.96 bits per heavy atom. The molecule has 0 radical (unpaired) electrons. The average Bonchev–Trinajstić information content (AvgIpc) is 2.60. The Hall–Kier alpha value is -1.04. The average molecular weight is 371 g/mol. The van der Waals surface area contributed by atoms with Crippen molar-refractivity contribution in [1.82, 2.24) is 0 Å². The zero-order valence-electron chi connectivity index (χ0n) is 19.2. The van der Waals surface area contributed by atoms with E-state index in [-0.39, 0.29) is 0 Å². The highest BCUT2D eigenvalue weighted by atomic mass is 14.1. The first-order chi connectivity index (χ1) is 12.9. The largest absolute Gasteiger partial charge is 0.0812 e. The zero-order chi connectivity index (χ0) is 20.1. The van der Waals surface area contributed by atoms with Crippen molar-refractivity contribution < 1.29 is 0 Å². The van der Waals surface area contributed by atoms with Crippen molar-refractivity contribution in [2.75, 3.05) is 0 Å². The van der Waals surface area contributed by atoms with Gasteiger partial charge in [-0.2, -0.15) is 0 Å². The van der Waals surface area contributed by atoms with Gasteiger partial charge in [0.2, 0.25) is 0 Å². The van der Waals surface area contributed by atoms with Crippen LogP contribution in [0.4, 0.5) is 0 Å². The highest BCUT2D eigenvalue weighted by Crippen LogP contribution is 2.22. The van der Waals surface area contributed by atoms with E-state index in [1.165, 1.54) is 68.9 Å². The van der Waals surface area contributed by atoms with Crippen molar-refractivity contribution in [3.63, 3.8) is 0 Å². The lowest BCUT2D eigenvalue weighted by atomic mass is 9.91. The van der Waals surface area contributed by atoms with Gasteiger partial charge in [-0.25, -0.2) is 0 Å². The van der Waals surface area contributed by atoms with Crippen LogP contribution in [0.5, 0.6) is 0 Å². The second kappa shape index (κ2) is 14.0. The van der Waals surface area contributed by atoms with Gasteiger partial charge in [-0.05, 0) is 62.0 Å². The summed E-state index contributed by atoms with van der Waals surface area (Å²) < 4.78 is 0. The minimum atomic E-state index is 0.867. The molecule has 1 aromatic carbocycles. The lowest BCUT2D eigenvalue weighted by Gasteiger charge is -2.15. The minimum absolute atomic E-state index is 0.867. The quantitative estimate of drug-likeness (QED) is 0.287. The standard InChI is InChI=1S/C27H46/c1-22(2)12-9-13-23(3)14-10-15-24(4)16-11-17-25(5)20-21-27-19-8-7-18-26(27)6/h7-8,18-20,22-24H,9-17,21H2,1-6H3/t23-,24-/m1/s1. The third-order valence-electron chi connectivity index (χ3n) is 6.07.